The lowest BCUT2D eigenvalue weighted by Gasteiger charge is -2.12. The Morgan fingerprint density at radius 3 is 2.57 bits per heavy atom. The number of aromatic nitrogens is 1. The molecule has 0 saturated heterocycles. The largest absolute Gasteiger partial charge is 0.493 e. The molecule has 6 nitrogen and oxygen atoms in total. The average molecular weight is 518 g/mol. The van der Waals surface area contributed by atoms with Gasteiger partial charge in [-0.05, 0) is 44.4 Å². The molecule has 0 fully saturated rings. The summed E-state index contributed by atoms with van der Waals surface area (Å²) in [7, 11) is 3.30. The normalized spacial score (nSPS) is 10.9. The first-order chi connectivity index (χ1) is 13.2. The predicted molar refractivity (Wildman–Crippen MR) is 128 cm³/mol. The molecule has 8 heteroatoms. The van der Waals surface area contributed by atoms with Crippen molar-refractivity contribution in [2.24, 2.45) is 4.99 Å². The number of benzene rings is 1. The Balaban J connectivity index is 0.00000392. The molecule has 2 aromatic rings. The number of hydrogen-bond donors (Lipinski definition) is 2. The van der Waals surface area contributed by atoms with Gasteiger partial charge in [0, 0.05) is 37.1 Å². The van der Waals surface area contributed by atoms with Crippen LogP contribution in [0.5, 0.6) is 11.5 Å². The molecule has 0 aliphatic heterocycles. The van der Waals surface area contributed by atoms with Gasteiger partial charge in [-0.3, -0.25) is 4.99 Å². The van der Waals surface area contributed by atoms with E-state index in [-0.39, 0.29) is 24.0 Å². The predicted octanol–water partition coefficient (Wildman–Crippen LogP) is 3.82. The van der Waals surface area contributed by atoms with E-state index < -0.39 is 0 Å². The van der Waals surface area contributed by atoms with Crippen LogP contribution in [0.3, 0.4) is 0 Å². The third kappa shape index (κ3) is 8.22. The fourth-order valence-electron chi connectivity index (χ4n) is 2.64. The highest BCUT2D eigenvalue weighted by Gasteiger charge is 2.05. The first kappa shape index (κ1) is 24.5. The molecule has 0 saturated carbocycles. The number of guanidine groups is 1. The van der Waals surface area contributed by atoms with Gasteiger partial charge in [0.1, 0.15) is 0 Å². The van der Waals surface area contributed by atoms with Crippen LogP contribution in [-0.2, 0) is 12.8 Å². The van der Waals surface area contributed by atoms with Crippen LogP contribution in [0, 0.1) is 6.92 Å². The fourth-order valence-corrected chi connectivity index (χ4v) is 3.46. The SMILES string of the molecule is CCNC(=NCCCc1nc(C)cs1)NCCc1ccc(OC)c(OC)c1.I. The van der Waals surface area contributed by atoms with E-state index in [2.05, 4.69) is 39.0 Å². The standard InChI is InChI=1S/C20H30N4O2S.HI/c1-5-21-20(22-11-6-7-19-24-15(2)14-27-19)23-12-10-16-8-9-17(25-3)18(13-16)26-4;/h8-9,13-14H,5-7,10-12H2,1-4H3,(H2,21,22,23);1H. The molecule has 156 valence electrons. The van der Waals surface area contributed by atoms with E-state index in [0.29, 0.717) is 0 Å². The molecule has 28 heavy (non-hydrogen) atoms. The molecule has 2 N–H and O–H groups in total. The van der Waals surface area contributed by atoms with Gasteiger partial charge in [-0.1, -0.05) is 6.07 Å². The smallest absolute Gasteiger partial charge is 0.191 e. The van der Waals surface area contributed by atoms with Crippen LogP contribution in [-0.4, -0.2) is 44.8 Å². The quantitative estimate of drug-likeness (QED) is 0.217. The van der Waals surface area contributed by atoms with Crippen molar-refractivity contribution >= 4 is 41.3 Å². The van der Waals surface area contributed by atoms with E-state index in [1.807, 2.05) is 19.1 Å². The van der Waals surface area contributed by atoms with Crippen molar-refractivity contribution < 1.29 is 9.47 Å². The number of halogens is 1. The highest BCUT2D eigenvalue weighted by molar-refractivity contribution is 14.0. The van der Waals surface area contributed by atoms with Gasteiger partial charge in [-0.15, -0.1) is 35.3 Å². The summed E-state index contributed by atoms with van der Waals surface area (Å²) >= 11 is 1.73. The van der Waals surface area contributed by atoms with Crippen LogP contribution in [0.15, 0.2) is 28.6 Å². The van der Waals surface area contributed by atoms with Gasteiger partial charge in [-0.2, -0.15) is 0 Å². The van der Waals surface area contributed by atoms with Crippen LogP contribution in [0.2, 0.25) is 0 Å². The second-order valence-corrected chi connectivity index (χ2v) is 7.06. The van der Waals surface area contributed by atoms with Crippen LogP contribution in [0.25, 0.3) is 0 Å². The molecule has 0 amide bonds. The fraction of sp³-hybridized carbons (Fsp3) is 0.500. The van der Waals surface area contributed by atoms with E-state index in [4.69, 9.17) is 9.47 Å². The van der Waals surface area contributed by atoms with Crippen molar-refractivity contribution in [1.29, 1.82) is 0 Å². The van der Waals surface area contributed by atoms with Crippen molar-refractivity contribution in [1.82, 2.24) is 15.6 Å². The third-order valence-electron chi connectivity index (χ3n) is 3.98. The molecule has 1 aromatic heterocycles. The van der Waals surface area contributed by atoms with E-state index in [9.17, 15) is 0 Å². The van der Waals surface area contributed by atoms with Crippen LogP contribution < -0.4 is 20.1 Å². The molecule has 0 radical (unpaired) electrons. The van der Waals surface area contributed by atoms with E-state index in [1.54, 1.807) is 25.6 Å². The van der Waals surface area contributed by atoms with Gasteiger partial charge in [0.2, 0.25) is 0 Å². The zero-order valence-electron chi connectivity index (χ0n) is 17.1. The minimum absolute atomic E-state index is 0. The first-order valence-corrected chi connectivity index (χ1v) is 10.2. The van der Waals surface area contributed by atoms with Crippen LogP contribution in [0.1, 0.15) is 29.6 Å². The van der Waals surface area contributed by atoms with Gasteiger partial charge in [-0.25, -0.2) is 4.98 Å². The summed E-state index contributed by atoms with van der Waals surface area (Å²) in [6.45, 7) is 6.53. The Labute approximate surface area is 189 Å². The van der Waals surface area contributed by atoms with Gasteiger partial charge in [0.05, 0.1) is 19.2 Å². The monoisotopic (exact) mass is 518 g/mol. The summed E-state index contributed by atoms with van der Waals surface area (Å²) in [5.41, 5.74) is 2.29. The number of nitrogens with zero attached hydrogens (tertiary/aromatic N) is 2. The number of aryl methyl sites for hydroxylation is 2. The Morgan fingerprint density at radius 2 is 1.93 bits per heavy atom. The van der Waals surface area contributed by atoms with Crippen molar-refractivity contribution in [3.05, 3.63) is 39.8 Å². The second-order valence-electron chi connectivity index (χ2n) is 6.11. The first-order valence-electron chi connectivity index (χ1n) is 9.30. The molecule has 1 aromatic carbocycles. The zero-order valence-corrected chi connectivity index (χ0v) is 20.2. The lowest BCUT2D eigenvalue weighted by atomic mass is 10.1. The van der Waals surface area contributed by atoms with Crippen molar-refractivity contribution in [3.63, 3.8) is 0 Å². The zero-order chi connectivity index (χ0) is 19.5. The Hall–Kier alpha value is -1.55. The maximum atomic E-state index is 5.36. The van der Waals surface area contributed by atoms with Crippen LogP contribution in [0.4, 0.5) is 0 Å². The highest BCUT2D eigenvalue weighted by Crippen LogP contribution is 2.27. The van der Waals surface area contributed by atoms with Gasteiger partial charge in [0.15, 0.2) is 17.5 Å². The van der Waals surface area contributed by atoms with Gasteiger partial charge < -0.3 is 20.1 Å². The van der Waals surface area contributed by atoms with E-state index in [0.717, 1.165) is 62.0 Å². The highest BCUT2D eigenvalue weighted by atomic mass is 127. The van der Waals surface area contributed by atoms with E-state index in [1.165, 1.54) is 10.6 Å². The molecule has 0 bridgehead atoms. The molecule has 0 aliphatic carbocycles. The molecule has 1 heterocycles. The molecular weight excluding hydrogens is 487 g/mol. The summed E-state index contributed by atoms with van der Waals surface area (Å²) < 4.78 is 10.6. The number of rotatable bonds is 10. The third-order valence-corrected chi connectivity index (χ3v) is 5.01. The molecule has 0 spiro atoms. The molecule has 0 aliphatic rings. The second kappa shape index (κ2) is 13.6. The molecule has 2 rings (SSSR count). The summed E-state index contributed by atoms with van der Waals surface area (Å²) in [6, 6.07) is 6.01. The summed E-state index contributed by atoms with van der Waals surface area (Å²) in [5, 5.41) is 9.97. The Kier molecular flexibility index (Phi) is 11.9. The summed E-state index contributed by atoms with van der Waals surface area (Å²) in [5.74, 6) is 2.36. The van der Waals surface area contributed by atoms with E-state index >= 15 is 0 Å². The van der Waals surface area contributed by atoms with Crippen molar-refractivity contribution in [2.75, 3.05) is 33.9 Å². The minimum atomic E-state index is 0. The maximum absolute atomic E-state index is 5.36. The number of ether oxygens (including phenoxy) is 2. The molecule has 0 atom stereocenters. The number of thiazole rings is 1. The number of aliphatic imine (C=N–C) groups is 1. The summed E-state index contributed by atoms with van der Waals surface area (Å²) in [4.78, 5) is 9.15. The van der Waals surface area contributed by atoms with Crippen molar-refractivity contribution in [3.8, 4) is 11.5 Å². The van der Waals surface area contributed by atoms with Gasteiger partial charge >= 0.3 is 0 Å². The minimum Gasteiger partial charge on any atom is -0.493 e. The Bertz CT molecular complexity index is 737. The molecule has 0 unspecified atom stereocenters. The number of hydrogen-bond acceptors (Lipinski definition) is 5. The Morgan fingerprint density at radius 1 is 1.14 bits per heavy atom. The van der Waals surface area contributed by atoms with Gasteiger partial charge in [0.25, 0.3) is 0 Å². The maximum Gasteiger partial charge on any atom is 0.191 e. The molecular formula is C20H31IN4O2S. The lowest BCUT2D eigenvalue weighted by Crippen LogP contribution is -2.38. The average Bonchev–Trinajstić information content (AvgIpc) is 3.10. The van der Waals surface area contributed by atoms with Crippen molar-refractivity contribution in [2.45, 2.75) is 33.1 Å². The number of methoxy groups -OCH3 is 2. The summed E-state index contributed by atoms with van der Waals surface area (Å²) in [6.07, 6.45) is 2.86. The topological polar surface area (TPSA) is 67.8 Å². The van der Waals surface area contributed by atoms with Crippen LogP contribution >= 0.6 is 35.3 Å². The number of nitrogens with one attached hydrogen (secondary N) is 2. The lowest BCUT2D eigenvalue weighted by molar-refractivity contribution is 0.354.